The lowest BCUT2D eigenvalue weighted by Gasteiger charge is -2.00. The van der Waals surface area contributed by atoms with E-state index in [0.29, 0.717) is 17.7 Å². The van der Waals surface area contributed by atoms with Crippen molar-refractivity contribution in [3.05, 3.63) is 59.9 Å². The van der Waals surface area contributed by atoms with Crippen LogP contribution in [-0.4, -0.2) is 28.9 Å². The minimum absolute atomic E-state index is 0. The third-order valence-electron chi connectivity index (χ3n) is 2.82. The number of aliphatic hydroxyl groups excluding tert-OH is 1. The molecule has 1 amide bonds. The highest BCUT2D eigenvalue weighted by atomic mass is 35.5. The summed E-state index contributed by atoms with van der Waals surface area (Å²) in [7, 11) is 0. The molecule has 7 heteroatoms. The van der Waals surface area contributed by atoms with Gasteiger partial charge in [0.15, 0.2) is 18.9 Å². The monoisotopic (exact) mass is 321 g/mol. The van der Waals surface area contributed by atoms with Crippen LogP contribution in [0.15, 0.2) is 53.9 Å². The molecule has 116 valence electrons. The molecule has 0 aliphatic carbocycles. The molecule has 0 atom stereocenters. The molecule has 0 spiro atoms. The molecule has 2 rings (SSSR count). The Kier molecular flexibility index (Phi) is 7.01. The summed E-state index contributed by atoms with van der Waals surface area (Å²) in [6.45, 7) is 0.522. The predicted molar refractivity (Wildman–Crippen MR) is 76.9 cm³/mol. The standard InChI is InChI=1S/C15H15N3O3.ClH/c19-10-9-18-7-5-12(6-8-18)15(21)17-16-11-13-3-1-2-4-14(13)20;/h1-8,11,19,21H,9-10H2;1H. The zero-order chi connectivity index (χ0) is 15.1. The third kappa shape index (κ3) is 4.83. The van der Waals surface area contributed by atoms with Crippen molar-refractivity contribution in [2.45, 2.75) is 6.54 Å². The van der Waals surface area contributed by atoms with Crippen LogP contribution in [0.1, 0.15) is 15.9 Å². The van der Waals surface area contributed by atoms with Gasteiger partial charge in [-0.15, -0.1) is 0 Å². The Bertz CT molecular complexity index is 645. The summed E-state index contributed by atoms with van der Waals surface area (Å²) in [6, 6.07) is 9.98. The van der Waals surface area contributed by atoms with E-state index in [-0.39, 0.29) is 30.7 Å². The Morgan fingerprint density at radius 2 is 1.91 bits per heavy atom. The number of amides is 1. The summed E-state index contributed by atoms with van der Waals surface area (Å²) in [5.41, 5.74) is 3.36. The van der Waals surface area contributed by atoms with Gasteiger partial charge >= 0.3 is 0 Å². The average Bonchev–Trinajstić information content (AvgIpc) is 2.50. The first-order valence-corrected chi connectivity index (χ1v) is 6.42. The Labute approximate surface area is 134 Å². The number of rotatable bonds is 5. The molecule has 1 aromatic heterocycles. The Morgan fingerprint density at radius 1 is 1.23 bits per heavy atom. The first kappa shape index (κ1) is 17.6. The lowest BCUT2D eigenvalue weighted by Crippen LogP contribution is -3.00. The van der Waals surface area contributed by atoms with Gasteiger partial charge in [0.1, 0.15) is 12.4 Å². The van der Waals surface area contributed by atoms with Crippen molar-refractivity contribution in [3.8, 4) is 5.75 Å². The summed E-state index contributed by atoms with van der Waals surface area (Å²) < 4.78 is 1.77. The zero-order valence-electron chi connectivity index (χ0n) is 11.7. The molecule has 0 fully saturated rings. The molecule has 2 aromatic rings. The number of aromatic nitrogens is 1. The predicted octanol–water partition coefficient (Wildman–Crippen LogP) is -2.56. The second-order valence-electron chi connectivity index (χ2n) is 4.31. The fourth-order valence-corrected chi connectivity index (χ4v) is 1.69. The lowest BCUT2D eigenvalue weighted by molar-refractivity contribution is -0.698. The Balaban J connectivity index is 0.00000242. The van der Waals surface area contributed by atoms with E-state index in [1.54, 1.807) is 53.4 Å². The molecule has 0 unspecified atom stereocenters. The number of para-hydroxylation sites is 1. The highest BCUT2D eigenvalue weighted by Crippen LogP contribution is 2.12. The fourth-order valence-electron chi connectivity index (χ4n) is 1.69. The molecule has 0 aliphatic heterocycles. The molecule has 0 saturated carbocycles. The molecule has 0 radical (unpaired) electrons. The van der Waals surface area contributed by atoms with Crippen molar-refractivity contribution in [2.24, 2.45) is 5.10 Å². The largest absolute Gasteiger partial charge is 1.00 e. The zero-order valence-corrected chi connectivity index (χ0v) is 12.4. The van der Waals surface area contributed by atoms with E-state index >= 15 is 0 Å². The first-order valence-electron chi connectivity index (χ1n) is 6.42. The summed E-state index contributed by atoms with van der Waals surface area (Å²) in [6.07, 6.45) is 4.79. The van der Waals surface area contributed by atoms with Gasteiger partial charge in [-0.2, -0.15) is 5.10 Å². The van der Waals surface area contributed by atoms with Crippen molar-refractivity contribution in [1.29, 1.82) is 0 Å². The van der Waals surface area contributed by atoms with Crippen LogP contribution in [-0.2, 0) is 6.54 Å². The van der Waals surface area contributed by atoms with Crippen LogP contribution in [0.25, 0.3) is 0 Å². The highest BCUT2D eigenvalue weighted by Gasteiger charge is 2.07. The number of hydrazone groups is 1. The number of halogens is 1. The third-order valence-corrected chi connectivity index (χ3v) is 2.82. The smallest absolute Gasteiger partial charge is 0.271 e. The topological polar surface area (TPSA) is 85.8 Å². The first-order chi connectivity index (χ1) is 10.2. The molecule has 22 heavy (non-hydrogen) atoms. The van der Waals surface area contributed by atoms with Gasteiger partial charge in [0, 0.05) is 17.7 Å². The fraction of sp³-hybridized carbons (Fsp3) is 0.133. The van der Waals surface area contributed by atoms with E-state index in [1.807, 2.05) is 0 Å². The number of nitrogens with zero attached hydrogens (tertiary/aromatic N) is 2. The van der Waals surface area contributed by atoms with Gasteiger partial charge in [-0.25, -0.2) is 9.99 Å². The van der Waals surface area contributed by atoms with Crippen LogP contribution < -0.4 is 22.4 Å². The molecule has 0 aliphatic rings. The number of benzene rings is 1. The lowest BCUT2D eigenvalue weighted by atomic mass is 10.2. The van der Waals surface area contributed by atoms with Crippen molar-refractivity contribution in [3.63, 3.8) is 0 Å². The van der Waals surface area contributed by atoms with E-state index in [0.717, 1.165) is 0 Å². The van der Waals surface area contributed by atoms with Crippen LogP contribution in [0.3, 0.4) is 0 Å². The maximum Gasteiger partial charge on any atom is 0.271 e. The Morgan fingerprint density at radius 3 is 2.55 bits per heavy atom. The van der Waals surface area contributed by atoms with Gasteiger partial charge in [0.25, 0.3) is 5.91 Å². The number of nitrogens with one attached hydrogen (secondary N) is 1. The summed E-state index contributed by atoms with van der Waals surface area (Å²) >= 11 is 0. The number of aliphatic hydroxyl groups is 1. The molecule has 0 bridgehead atoms. The molecular weight excluding hydrogens is 306 g/mol. The molecule has 0 saturated heterocycles. The second kappa shape index (κ2) is 8.76. The van der Waals surface area contributed by atoms with E-state index in [2.05, 4.69) is 10.5 Å². The molecule has 6 nitrogen and oxygen atoms in total. The number of phenolic OH excluding ortho intramolecular Hbond substituents is 1. The number of hydrogen-bond donors (Lipinski definition) is 3. The maximum absolute atomic E-state index is 11.8. The van der Waals surface area contributed by atoms with Crippen LogP contribution in [0.5, 0.6) is 5.75 Å². The van der Waals surface area contributed by atoms with Crippen molar-refractivity contribution >= 4 is 12.1 Å². The number of carbonyl (C=O) groups excluding carboxylic acids is 1. The van der Waals surface area contributed by atoms with E-state index in [1.165, 1.54) is 6.21 Å². The van der Waals surface area contributed by atoms with Crippen molar-refractivity contribution < 1.29 is 32.0 Å². The van der Waals surface area contributed by atoms with Gasteiger partial charge in [-0.05, 0) is 12.1 Å². The Hall–Kier alpha value is -2.44. The molecule has 1 heterocycles. The van der Waals surface area contributed by atoms with Gasteiger partial charge in [0.05, 0.1) is 11.8 Å². The number of hydrogen-bond acceptors (Lipinski definition) is 4. The summed E-state index contributed by atoms with van der Waals surface area (Å²) in [5.74, 6) is -0.252. The average molecular weight is 322 g/mol. The van der Waals surface area contributed by atoms with Gasteiger partial charge < -0.3 is 22.6 Å². The summed E-state index contributed by atoms with van der Waals surface area (Å²) in [4.78, 5) is 11.8. The van der Waals surface area contributed by atoms with Crippen LogP contribution >= 0.6 is 0 Å². The second-order valence-corrected chi connectivity index (χ2v) is 4.31. The number of pyridine rings is 1. The van der Waals surface area contributed by atoms with Crippen LogP contribution in [0, 0.1) is 0 Å². The molecular formula is C15H16ClN3O3. The SMILES string of the molecule is O=C(N/N=C/c1ccccc1O)c1cc[n+](CCO)cc1.[Cl-]. The van der Waals surface area contributed by atoms with E-state index < -0.39 is 0 Å². The van der Waals surface area contributed by atoms with Crippen LogP contribution in [0.2, 0.25) is 0 Å². The van der Waals surface area contributed by atoms with Gasteiger partial charge in [-0.3, -0.25) is 4.79 Å². The van der Waals surface area contributed by atoms with E-state index in [4.69, 9.17) is 5.11 Å². The minimum Gasteiger partial charge on any atom is -1.00 e. The number of aromatic hydroxyl groups is 1. The van der Waals surface area contributed by atoms with E-state index in [9.17, 15) is 9.90 Å². The summed E-state index contributed by atoms with van der Waals surface area (Å²) in [5, 5.41) is 22.2. The highest BCUT2D eigenvalue weighted by molar-refractivity contribution is 5.94. The number of phenols is 1. The normalized spacial score (nSPS) is 10.2. The minimum atomic E-state index is -0.349. The van der Waals surface area contributed by atoms with Gasteiger partial charge in [-0.1, -0.05) is 12.1 Å². The van der Waals surface area contributed by atoms with Crippen LogP contribution in [0.4, 0.5) is 0 Å². The van der Waals surface area contributed by atoms with Crippen molar-refractivity contribution in [1.82, 2.24) is 5.43 Å². The molecule has 1 aromatic carbocycles. The van der Waals surface area contributed by atoms with Crippen molar-refractivity contribution in [2.75, 3.05) is 6.61 Å². The maximum atomic E-state index is 11.8. The number of carbonyl (C=O) groups is 1. The van der Waals surface area contributed by atoms with Gasteiger partial charge in [0.2, 0.25) is 0 Å². The quantitative estimate of drug-likeness (QED) is 0.322. The molecule has 3 N–H and O–H groups in total.